The van der Waals surface area contributed by atoms with Crippen LogP contribution >= 0.6 is 0 Å². The minimum absolute atomic E-state index is 0.287. The van der Waals surface area contributed by atoms with Crippen LogP contribution in [-0.4, -0.2) is 52.1 Å². The highest BCUT2D eigenvalue weighted by Crippen LogP contribution is 2.19. The lowest BCUT2D eigenvalue weighted by atomic mass is 9.92. The quantitative estimate of drug-likeness (QED) is 0.621. The number of urea groups is 1. The van der Waals surface area contributed by atoms with E-state index in [4.69, 9.17) is 0 Å². The van der Waals surface area contributed by atoms with Crippen LogP contribution in [0.5, 0.6) is 0 Å². The molecule has 3 N–H and O–H groups in total. The number of hydrogen-bond donors (Lipinski definition) is 3. The van der Waals surface area contributed by atoms with E-state index in [1.54, 1.807) is 13.8 Å². The zero-order valence-corrected chi connectivity index (χ0v) is 11.8. The summed E-state index contributed by atoms with van der Waals surface area (Å²) < 4.78 is 0. The van der Waals surface area contributed by atoms with E-state index < -0.39 is 29.5 Å². The van der Waals surface area contributed by atoms with Crippen molar-refractivity contribution in [3.63, 3.8) is 0 Å². The van der Waals surface area contributed by atoms with Gasteiger partial charge in [0.15, 0.2) is 0 Å². The van der Waals surface area contributed by atoms with E-state index in [1.165, 1.54) is 0 Å². The second-order valence-corrected chi connectivity index (χ2v) is 5.97. The fraction of sp³-hybridized carbons (Fsp3) is 0.769. The summed E-state index contributed by atoms with van der Waals surface area (Å²) in [5.74, 6) is -0.834. The number of hydrogen-bond acceptors (Lipinski definition) is 4. The molecule has 1 aliphatic carbocycles. The molecule has 0 unspecified atom stereocenters. The Morgan fingerprint density at radius 1 is 1.40 bits per heavy atom. The van der Waals surface area contributed by atoms with Crippen molar-refractivity contribution < 1.29 is 19.5 Å². The molecule has 0 aromatic rings. The zero-order valence-electron chi connectivity index (χ0n) is 11.8. The molecule has 112 valence electrons. The summed E-state index contributed by atoms with van der Waals surface area (Å²) in [6, 6.07) is -0.843. The first kappa shape index (κ1) is 14.8. The van der Waals surface area contributed by atoms with E-state index in [1.807, 2.05) is 0 Å². The average molecular weight is 283 g/mol. The average Bonchev–Trinajstić information content (AvgIpc) is 2.55. The molecular formula is C13H21N3O4. The van der Waals surface area contributed by atoms with E-state index in [9.17, 15) is 19.5 Å². The Morgan fingerprint density at radius 2 is 2.05 bits per heavy atom. The number of amides is 4. The monoisotopic (exact) mass is 283 g/mol. The van der Waals surface area contributed by atoms with E-state index in [0.717, 1.165) is 24.2 Å². The van der Waals surface area contributed by atoms with Gasteiger partial charge in [-0.1, -0.05) is 12.8 Å². The molecule has 1 saturated heterocycles. The van der Waals surface area contributed by atoms with Gasteiger partial charge in [0.25, 0.3) is 5.91 Å². The fourth-order valence-electron chi connectivity index (χ4n) is 2.64. The minimum atomic E-state index is -0.971. The summed E-state index contributed by atoms with van der Waals surface area (Å²) in [4.78, 5) is 36.4. The van der Waals surface area contributed by atoms with Crippen molar-refractivity contribution in [2.45, 2.75) is 57.2 Å². The molecule has 2 rings (SSSR count). The lowest BCUT2D eigenvalue weighted by Gasteiger charge is -2.28. The Bertz CT molecular complexity index is 435. The smallest absolute Gasteiger partial charge is 0.325 e. The van der Waals surface area contributed by atoms with Gasteiger partial charge < -0.3 is 15.7 Å². The van der Waals surface area contributed by atoms with Crippen molar-refractivity contribution in [1.82, 2.24) is 15.5 Å². The van der Waals surface area contributed by atoms with Crippen LogP contribution in [0.2, 0.25) is 0 Å². The number of carbonyl (C=O) groups is 3. The van der Waals surface area contributed by atoms with Crippen LogP contribution in [0, 0.1) is 0 Å². The Labute approximate surface area is 117 Å². The van der Waals surface area contributed by atoms with Crippen molar-refractivity contribution in [2.24, 2.45) is 0 Å². The summed E-state index contributed by atoms with van der Waals surface area (Å²) in [7, 11) is 0. The molecule has 1 saturated carbocycles. The first-order chi connectivity index (χ1) is 9.31. The van der Waals surface area contributed by atoms with Gasteiger partial charge in [-0.15, -0.1) is 0 Å². The Kier molecular flexibility index (Phi) is 3.99. The fourth-order valence-corrected chi connectivity index (χ4v) is 2.64. The van der Waals surface area contributed by atoms with E-state index in [0.29, 0.717) is 6.42 Å². The van der Waals surface area contributed by atoms with Crippen molar-refractivity contribution in [2.75, 3.05) is 6.54 Å². The van der Waals surface area contributed by atoms with Crippen molar-refractivity contribution >= 4 is 17.8 Å². The maximum atomic E-state index is 11.9. The summed E-state index contributed by atoms with van der Waals surface area (Å²) in [6.07, 6.45) is 2.75. The number of carbonyl (C=O) groups excluding carboxylic acids is 3. The van der Waals surface area contributed by atoms with Gasteiger partial charge in [0, 0.05) is 0 Å². The maximum Gasteiger partial charge on any atom is 0.325 e. The molecule has 1 heterocycles. The number of aliphatic hydroxyl groups is 1. The summed E-state index contributed by atoms with van der Waals surface area (Å²) in [5.41, 5.74) is -0.971. The highest BCUT2D eigenvalue weighted by Gasteiger charge is 2.45. The third-order valence-electron chi connectivity index (χ3n) is 3.82. The highest BCUT2D eigenvalue weighted by atomic mass is 16.3. The molecular weight excluding hydrogens is 262 g/mol. The van der Waals surface area contributed by atoms with Crippen molar-refractivity contribution in [3.8, 4) is 0 Å². The summed E-state index contributed by atoms with van der Waals surface area (Å²) in [6.45, 7) is 2.88. The second-order valence-electron chi connectivity index (χ2n) is 5.97. The first-order valence-corrected chi connectivity index (χ1v) is 6.93. The second kappa shape index (κ2) is 5.40. The number of nitrogens with zero attached hydrogens (tertiary/aromatic N) is 1. The summed E-state index contributed by atoms with van der Waals surface area (Å²) in [5, 5.41) is 15.0. The van der Waals surface area contributed by atoms with Crippen LogP contribution in [0.25, 0.3) is 0 Å². The molecule has 0 radical (unpaired) electrons. The van der Waals surface area contributed by atoms with Gasteiger partial charge in [-0.3, -0.25) is 14.5 Å². The van der Waals surface area contributed by atoms with Crippen LogP contribution in [-0.2, 0) is 9.59 Å². The highest BCUT2D eigenvalue weighted by molar-refractivity contribution is 6.08. The topological polar surface area (TPSA) is 98.7 Å². The minimum Gasteiger partial charge on any atom is -0.391 e. The molecule has 2 aliphatic rings. The Balaban J connectivity index is 1.91. The molecule has 20 heavy (non-hydrogen) atoms. The van der Waals surface area contributed by atoms with Gasteiger partial charge in [0.2, 0.25) is 5.91 Å². The Morgan fingerprint density at radius 3 is 2.60 bits per heavy atom. The van der Waals surface area contributed by atoms with Gasteiger partial charge in [-0.05, 0) is 26.7 Å². The molecule has 0 aromatic heterocycles. The van der Waals surface area contributed by atoms with Crippen molar-refractivity contribution in [1.29, 1.82) is 0 Å². The molecule has 0 bridgehead atoms. The molecule has 2 atom stereocenters. The third kappa shape index (κ3) is 2.92. The standard InChI is InChI=1S/C13H21N3O4/c1-13(2)11(19)16(12(20)15-13)7-10(18)14-8-5-3-4-6-9(8)17/h8-9,17H,3-7H2,1-2H3,(H,14,18)(H,15,20)/t8-,9-/m1/s1. The Hall–Kier alpha value is -1.63. The van der Waals surface area contributed by atoms with Crippen molar-refractivity contribution in [3.05, 3.63) is 0 Å². The normalized spacial score (nSPS) is 29.2. The van der Waals surface area contributed by atoms with Crippen LogP contribution in [0.4, 0.5) is 4.79 Å². The predicted molar refractivity (Wildman–Crippen MR) is 70.7 cm³/mol. The van der Waals surface area contributed by atoms with Gasteiger partial charge in [-0.2, -0.15) is 0 Å². The van der Waals surface area contributed by atoms with Gasteiger partial charge in [0.05, 0.1) is 12.1 Å². The molecule has 1 aliphatic heterocycles. The van der Waals surface area contributed by atoms with Gasteiger partial charge in [0.1, 0.15) is 12.1 Å². The number of nitrogens with one attached hydrogen (secondary N) is 2. The molecule has 7 heteroatoms. The van der Waals surface area contributed by atoms with E-state index in [-0.39, 0.29) is 12.6 Å². The van der Waals surface area contributed by atoms with Gasteiger partial charge >= 0.3 is 6.03 Å². The maximum absolute atomic E-state index is 11.9. The van der Waals surface area contributed by atoms with Crippen LogP contribution in [0.3, 0.4) is 0 Å². The number of aliphatic hydroxyl groups excluding tert-OH is 1. The lowest BCUT2D eigenvalue weighted by molar-refractivity contribution is -0.134. The van der Waals surface area contributed by atoms with Crippen LogP contribution in [0.15, 0.2) is 0 Å². The summed E-state index contributed by atoms with van der Waals surface area (Å²) >= 11 is 0. The molecule has 2 fully saturated rings. The largest absolute Gasteiger partial charge is 0.391 e. The number of rotatable bonds is 3. The lowest BCUT2D eigenvalue weighted by Crippen LogP contribution is -2.49. The van der Waals surface area contributed by atoms with Gasteiger partial charge in [-0.25, -0.2) is 4.79 Å². The first-order valence-electron chi connectivity index (χ1n) is 6.93. The SMILES string of the molecule is CC1(C)NC(=O)N(CC(=O)N[C@@H]2CCCC[C@H]2O)C1=O. The number of imide groups is 1. The molecule has 0 aromatic carbocycles. The predicted octanol–water partition coefficient (Wildman–Crippen LogP) is -0.264. The van der Waals surface area contributed by atoms with E-state index in [2.05, 4.69) is 10.6 Å². The van der Waals surface area contributed by atoms with Crippen LogP contribution < -0.4 is 10.6 Å². The third-order valence-corrected chi connectivity index (χ3v) is 3.82. The molecule has 0 spiro atoms. The van der Waals surface area contributed by atoms with E-state index >= 15 is 0 Å². The van der Waals surface area contributed by atoms with Crippen LogP contribution in [0.1, 0.15) is 39.5 Å². The zero-order chi connectivity index (χ0) is 14.9. The molecule has 4 amide bonds. The molecule has 7 nitrogen and oxygen atoms in total.